The molecule has 0 aliphatic carbocycles. The quantitative estimate of drug-likeness (QED) is 0.815. The van der Waals surface area contributed by atoms with Crippen molar-refractivity contribution in [2.24, 2.45) is 5.73 Å². The number of sulfonamides is 1. The lowest BCUT2D eigenvalue weighted by Gasteiger charge is -2.12. The maximum atomic E-state index is 12.8. The van der Waals surface area contributed by atoms with E-state index in [1.54, 1.807) is 0 Å². The van der Waals surface area contributed by atoms with Crippen molar-refractivity contribution in [1.82, 2.24) is 4.72 Å². The van der Waals surface area contributed by atoms with Crippen molar-refractivity contribution < 1.29 is 17.6 Å². The number of halogens is 1. The van der Waals surface area contributed by atoms with Gasteiger partial charge in [0.25, 0.3) is 0 Å². The summed E-state index contributed by atoms with van der Waals surface area (Å²) in [7, 11) is -3.87. The third-order valence-electron chi connectivity index (χ3n) is 2.19. The molecule has 0 aromatic heterocycles. The van der Waals surface area contributed by atoms with Crippen LogP contribution in [0, 0.1) is 12.7 Å². The molecule has 0 spiro atoms. The Morgan fingerprint density at radius 2 is 2.06 bits per heavy atom. The normalized spacial score (nSPS) is 13.4. The molecule has 0 saturated carbocycles. The minimum absolute atomic E-state index is 0.0769. The van der Waals surface area contributed by atoms with E-state index in [9.17, 15) is 17.6 Å². The fraction of sp³-hybridized carbons (Fsp3) is 0.300. The molecule has 94 valence electrons. The van der Waals surface area contributed by atoms with E-state index < -0.39 is 27.8 Å². The predicted molar refractivity (Wildman–Crippen MR) is 60.1 cm³/mol. The van der Waals surface area contributed by atoms with Gasteiger partial charge in [-0.2, -0.15) is 4.72 Å². The molecule has 0 aliphatic rings. The number of rotatable bonds is 4. The highest BCUT2D eigenvalue weighted by atomic mass is 32.2. The van der Waals surface area contributed by atoms with Crippen molar-refractivity contribution in [2.75, 3.05) is 0 Å². The molecule has 1 aromatic carbocycles. The first kappa shape index (κ1) is 13.6. The summed E-state index contributed by atoms with van der Waals surface area (Å²) in [5, 5.41) is 0. The van der Waals surface area contributed by atoms with Crippen LogP contribution in [0.3, 0.4) is 0 Å². The molecule has 0 saturated heterocycles. The van der Waals surface area contributed by atoms with Crippen molar-refractivity contribution in [3.63, 3.8) is 0 Å². The molecule has 3 N–H and O–H groups in total. The molecule has 0 radical (unpaired) electrons. The summed E-state index contributed by atoms with van der Waals surface area (Å²) in [6.07, 6.45) is 0. The van der Waals surface area contributed by atoms with E-state index in [1.165, 1.54) is 13.8 Å². The molecule has 7 heteroatoms. The van der Waals surface area contributed by atoms with Gasteiger partial charge in [-0.1, -0.05) is 0 Å². The Balaban J connectivity index is 3.10. The molecule has 1 atom stereocenters. The minimum atomic E-state index is -3.87. The zero-order chi connectivity index (χ0) is 13.2. The molecule has 0 heterocycles. The average Bonchev–Trinajstić information content (AvgIpc) is 2.15. The fourth-order valence-electron chi connectivity index (χ4n) is 1.27. The van der Waals surface area contributed by atoms with Gasteiger partial charge in [0.05, 0.1) is 10.9 Å². The van der Waals surface area contributed by atoms with Gasteiger partial charge in [0.2, 0.25) is 15.9 Å². The second-order valence-corrected chi connectivity index (χ2v) is 5.34. The summed E-state index contributed by atoms with van der Waals surface area (Å²) in [6.45, 7) is 2.80. The lowest BCUT2D eigenvalue weighted by molar-refractivity contribution is -0.119. The third-order valence-corrected chi connectivity index (χ3v) is 3.89. The van der Waals surface area contributed by atoms with Gasteiger partial charge in [0.1, 0.15) is 5.82 Å². The summed E-state index contributed by atoms with van der Waals surface area (Å²) in [5.41, 5.74) is 5.22. The number of hydrogen-bond acceptors (Lipinski definition) is 3. The number of benzene rings is 1. The Morgan fingerprint density at radius 1 is 1.47 bits per heavy atom. The summed E-state index contributed by atoms with van der Waals surface area (Å²) < 4.78 is 38.6. The first-order valence-corrected chi connectivity index (χ1v) is 6.30. The van der Waals surface area contributed by atoms with Gasteiger partial charge in [0, 0.05) is 0 Å². The number of nitrogens with one attached hydrogen (secondary N) is 1. The Kier molecular flexibility index (Phi) is 3.84. The summed E-state index contributed by atoms with van der Waals surface area (Å²) in [5.74, 6) is -1.31. The van der Waals surface area contributed by atoms with Crippen molar-refractivity contribution in [2.45, 2.75) is 24.8 Å². The van der Waals surface area contributed by atoms with Crippen LogP contribution < -0.4 is 10.5 Å². The van der Waals surface area contributed by atoms with Crippen LogP contribution >= 0.6 is 0 Å². The number of carbonyl (C=O) groups is 1. The number of hydrogen-bond donors (Lipinski definition) is 2. The molecule has 17 heavy (non-hydrogen) atoms. The highest BCUT2D eigenvalue weighted by molar-refractivity contribution is 7.89. The zero-order valence-corrected chi connectivity index (χ0v) is 10.2. The molecule has 0 fully saturated rings. The Morgan fingerprint density at radius 3 is 2.53 bits per heavy atom. The van der Waals surface area contributed by atoms with Crippen LogP contribution in [0.25, 0.3) is 0 Å². The molecule has 1 unspecified atom stereocenters. The highest BCUT2D eigenvalue weighted by Gasteiger charge is 2.22. The molecule has 5 nitrogen and oxygen atoms in total. The Hall–Kier alpha value is -1.47. The van der Waals surface area contributed by atoms with Gasteiger partial charge in [-0.25, -0.2) is 12.8 Å². The molecule has 1 aromatic rings. The fourth-order valence-corrected chi connectivity index (χ4v) is 2.71. The van der Waals surface area contributed by atoms with Crippen LogP contribution in [-0.4, -0.2) is 20.4 Å². The second-order valence-electron chi connectivity index (χ2n) is 3.66. The van der Waals surface area contributed by atoms with E-state index in [0.29, 0.717) is 0 Å². The Labute approximate surface area is 98.9 Å². The minimum Gasteiger partial charge on any atom is -0.368 e. The predicted octanol–water partition coefficient (Wildman–Crippen LogP) is 0.286. The van der Waals surface area contributed by atoms with Gasteiger partial charge < -0.3 is 5.73 Å². The standard InChI is InChI=1S/C10H13FN2O3S/c1-6-5-8(11)3-4-9(6)17(15,16)13-7(2)10(12)14/h3-5,7,13H,1-2H3,(H2,12,14). The van der Waals surface area contributed by atoms with Crippen molar-refractivity contribution in [1.29, 1.82) is 0 Å². The van der Waals surface area contributed by atoms with Gasteiger partial charge in [-0.15, -0.1) is 0 Å². The number of aryl methyl sites for hydroxylation is 1. The number of amides is 1. The summed E-state index contributed by atoms with van der Waals surface area (Å²) >= 11 is 0. The Bertz CT molecular complexity index is 542. The van der Waals surface area contributed by atoms with Crippen LogP contribution in [0.2, 0.25) is 0 Å². The monoisotopic (exact) mass is 260 g/mol. The molecular formula is C10H13FN2O3S. The second kappa shape index (κ2) is 4.80. The maximum absolute atomic E-state index is 12.8. The van der Waals surface area contributed by atoms with E-state index in [0.717, 1.165) is 18.2 Å². The van der Waals surface area contributed by atoms with E-state index >= 15 is 0 Å². The first-order valence-electron chi connectivity index (χ1n) is 4.82. The first-order chi connectivity index (χ1) is 7.74. The van der Waals surface area contributed by atoms with E-state index in [-0.39, 0.29) is 10.5 Å². The number of carbonyl (C=O) groups excluding carboxylic acids is 1. The number of primary amides is 1. The van der Waals surface area contributed by atoms with Crippen molar-refractivity contribution in [3.8, 4) is 0 Å². The van der Waals surface area contributed by atoms with E-state index in [2.05, 4.69) is 4.72 Å². The van der Waals surface area contributed by atoms with Gasteiger partial charge in [-0.05, 0) is 37.6 Å². The van der Waals surface area contributed by atoms with Crippen molar-refractivity contribution in [3.05, 3.63) is 29.6 Å². The van der Waals surface area contributed by atoms with E-state index in [4.69, 9.17) is 5.73 Å². The largest absolute Gasteiger partial charge is 0.368 e. The SMILES string of the molecule is Cc1cc(F)ccc1S(=O)(=O)NC(C)C(N)=O. The lowest BCUT2D eigenvalue weighted by atomic mass is 10.2. The molecule has 1 rings (SSSR count). The maximum Gasteiger partial charge on any atom is 0.241 e. The molecular weight excluding hydrogens is 247 g/mol. The smallest absolute Gasteiger partial charge is 0.241 e. The van der Waals surface area contributed by atoms with Crippen molar-refractivity contribution >= 4 is 15.9 Å². The van der Waals surface area contributed by atoms with Gasteiger partial charge in [-0.3, -0.25) is 4.79 Å². The van der Waals surface area contributed by atoms with Gasteiger partial charge in [0.15, 0.2) is 0 Å². The van der Waals surface area contributed by atoms with E-state index in [1.807, 2.05) is 0 Å². The van der Waals surface area contributed by atoms with Crippen LogP contribution in [0.4, 0.5) is 4.39 Å². The average molecular weight is 260 g/mol. The van der Waals surface area contributed by atoms with Crippen LogP contribution in [0.15, 0.2) is 23.1 Å². The third kappa shape index (κ3) is 3.24. The van der Waals surface area contributed by atoms with Crippen LogP contribution in [0.5, 0.6) is 0 Å². The highest BCUT2D eigenvalue weighted by Crippen LogP contribution is 2.16. The van der Waals surface area contributed by atoms with Crippen LogP contribution in [-0.2, 0) is 14.8 Å². The summed E-state index contributed by atoms with van der Waals surface area (Å²) in [4.78, 5) is 10.7. The van der Waals surface area contributed by atoms with Gasteiger partial charge >= 0.3 is 0 Å². The number of nitrogens with two attached hydrogens (primary N) is 1. The molecule has 1 amide bonds. The molecule has 0 bridgehead atoms. The molecule has 0 aliphatic heterocycles. The lowest BCUT2D eigenvalue weighted by Crippen LogP contribution is -2.42. The summed E-state index contributed by atoms with van der Waals surface area (Å²) in [6, 6.07) is 2.25. The zero-order valence-electron chi connectivity index (χ0n) is 9.40. The van der Waals surface area contributed by atoms with Crippen LogP contribution in [0.1, 0.15) is 12.5 Å². The topological polar surface area (TPSA) is 89.3 Å².